The van der Waals surface area contributed by atoms with Crippen molar-refractivity contribution in [3.05, 3.63) is 0 Å². The van der Waals surface area contributed by atoms with Crippen LogP contribution in [-0.4, -0.2) is 162 Å². The Hall–Kier alpha value is -0.980. The van der Waals surface area contributed by atoms with Gasteiger partial charge in [0.1, 0.15) is 24.9 Å². The van der Waals surface area contributed by atoms with Gasteiger partial charge >= 0.3 is 5.97 Å². The lowest BCUT2D eigenvalue weighted by molar-refractivity contribution is -0.890. The average Bonchev–Trinajstić information content (AvgIpc) is 2.79. The molecule has 0 saturated carbocycles. The number of aliphatic hydroxyl groups excluding tert-OH is 2. The Morgan fingerprint density at radius 3 is 1.84 bits per heavy atom. The van der Waals surface area contributed by atoms with E-state index in [-0.39, 0.29) is 19.0 Å². The van der Waals surface area contributed by atoms with Gasteiger partial charge in [-0.15, -0.1) is 0 Å². The van der Waals surface area contributed by atoms with Gasteiger partial charge < -0.3 is 52.8 Å². The molecule has 2 unspecified atom stereocenters. The van der Waals surface area contributed by atoms with Crippen LogP contribution in [0.15, 0.2) is 0 Å². The van der Waals surface area contributed by atoms with E-state index in [0.29, 0.717) is 70.2 Å². The molecule has 0 aliphatic carbocycles. The second kappa shape index (κ2) is 17.6. The number of carboxylic acid groups (broad SMARTS) is 1. The Kier molecular flexibility index (Phi) is 16.2. The smallest absolute Gasteiger partial charge is 0.335 e. The zero-order valence-electron chi connectivity index (χ0n) is 21.9. The van der Waals surface area contributed by atoms with Crippen molar-refractivity contribution in [3.8, 4) is 0 Å². The number of ether oxygens (including phenoxy) is 6. The van der Waals surface area contributed by atoms with Crippen LogP contribution in [0.4, 0.5) is 0 Å². The number of aliphatic carboxylic acids is 1. The van der Waals surface area contributed by atoms with Gasteiger partial charge in [-0.3, -0.25) is 0 Å². The molecule has 15 heteroatoms. The minimum absolute atomic E-state index is 0.126. The van der Waals surface area contributed by atoms with Gasteiger partial charge in [-0.25, -0.2) is 13.2 Å². The molecular formula is C22H43NO13S. The Balaban J connectivity index is 1.93. The molecule has 1 fully saturated rings. The number of nitrogens with zero attached hydrogens (tertiary/aromatic N) is 1. The third kappa shape index (κ3) is 15.3. The molecule has 0 aromatic rings. The zero-order chi connectivity index (χ0) is 27.9. The second-order valence-electron chi connectivity index (χ2n) is 9.36. The van der Waals surface area contributed by atoms with Crippen LogP contribution in [0.3, 0.4) is 0 Å². The maximum atomic E-state index is 11.0. The van der Waals surface area contributed by atoms with Crippen molar-refractivity contribution in [2.75, 3.05) is 92.4 Å². The van der Waals surface area contributed by atoms with Crippen LogP contribution < -0.4 is 0 Å². The lowest BCUT2D eigenvalue weighted by Gasteiger charge is -2.39. The molecule has 1 aliphatic rings. The number of quaternary nitrogens is 1. The Morgan fingerprint density at radius 2 is 1.35 bits per heavy atom. The fourth-order valence-electron chi connectivity index (χ4n) is 3.58. The Bertz CT molecular complexity index is 736. The molecule has 0 aromatic heterocycles. The molecule has 37 heavy (non-hydrogen) atoms. The molecule has 220 valence electrons. The summed E-state index contributed by atoms with van der Waals surface area (Å²) in [5.41, 5.74) is 0. The number of hydrogen-bond acceptors (Lipinski definition) is 12. The Morgan fingerprint density at radius 1 is 0.865 bits per heavy atom. The van der Waals surface area contributed by atoms with Gasteiger partial charge in [0.05, 0.1) is 96.3 Å². The fraction of sp³-hybridized carbons (Fsp3) is 0.955. The molecule has 5 atom stereocenters. The standard InChI is InChI=1S/C22H43NO13S/c1-17-20(18(24)19(25)21(36-17)22(26)27)35-15-14-34-13-12-33-11-10-32-9-8-31-7-6-23(2,3)5-4-16-37(28,29)30/h17-21,24-25H,4-16H2,1-3H3,(H-,26,27,28,29,30)/t17?,18-,19-,20-,21?/m0/s1. The topological polar surface area (TPSA) is 190 Å². The summed E-state index contributed by atoms with van der Waals surface area (Å²) in [4.78, 5) is 11.0. The molecular weight excluding hydrogens is 518 g/mol. The summed E-state index contributed by atoms with van der Waals surface area (Å²) in [7, 11) is -0.272. The predicted octanol–water partition coefficient (Wildman–Crippen LogP) is -1.96. The molecule has 14 nitrogen and oxygen atoms in total. The van der Waals surface area contributed by atoms with Gasteiger partial charge in [-0.1, -0.05) is 0 Å². The van der Waals surface area contributed by atoms with Crippen LogP contribution >= 0.6 is 0 Å². The molecule has 1 heterocycles. The molecule has 0 spiro atoms. The average molecular weight is 562 g/mol. The van der Waals surface area contributed by atoms with Gasteiger partial charge in [0, 0.05) is 12.2 Å². The van der Waals surface area contributed by atoms with Crippen molar-refractivity contribution in [2.24, 2.45) is 0 Å². The maximum absolute atomic E-state index is 11.0. The van der Waals surface area contributed by atoms with E-state index in [9.17, 15) is 28.0 Å². The number of carbonyl (C=O) groups is 1. The zero-order valence-corrected chi connectivity index (χ0v) is 22.7. The second-order valence-corrected chi connectivity index (χ2v) is 10.9. The SMILES string of the molecule is CC1OC(C(=O)O)[C@@H](O)[C@H](O)[C@H]1OCCOCCOCCOCCOCC[N+](C)(C)CCCS(=O)(=O)[O-]. The highest BCUT2D eigenvalue weighted by Gasteiger charge is 2.46. The molecule has 3 N–H and O–H groups in total. The largest absolute Gasteiger partial charge is 0.748 e. The van der Waals surface area contributed by atoms with Crippen LogP contribution in [0, 0.1) is 0 Å². The van der Waals surface area contributed by atoms with E-state index >= 15 is 0 Å². The van der Waals surface area contributed by atoms with Crippen LogP contribution in [0.2, 0.25) is 0 Å². The number of rotatable bonds is 21. The molecule has 0 aromatic carbocycles. The first-order valence-electron chi connectivity index (χ1n) is 12.3. The van der Waals surface area contributed by atoms with Crippen molar-refractivity contribution in [2.45, 2.75) is 43.9 Å². The third-order valence-electron chi connectivity index (χ3n) is 5.72. The van der Waals surface area contributed by atoms with Crippen molar-refractivity contribution in [3.63, 3.8) is 0 Å². The van der Waals surface area contributed by atoms with E-state index < -0.39 is 46.6 Å². The minimum Gasteiger partial charge on any atom is -0.748 e. The van der Waals surface area contributed by atoms with E-state index in [1.807, 2.05) is 14.1 Å². The number of carboxylic acids is 1. The van der Waals surface area contributed by atoms with Crippen molar-refractivity contribution < 1.29 is 66.0 Å². The number of aliphatic hydroxyl groups is 2. The lowest BCUT2D eigenvalue weighted by Crippen LogP contribution is -2.59. The van der Waals surface area contributed by atoms with Crippen molar-refractivity contribution in [1.82, 2.24) is 0 Å². The fourth-order valence-corrected chi connectivity index (χ4v) is 4.06. The van der Waals surface area contributed by atoms with E-state index in [1.165, 1.54) is 0 Å². The van der Waals surface area contributed by atoms with Gasteiger partial charge in [0.15, 0.2) is 6.10 Å². The highest BCUT2D eigenvalue weighted by Crippen LogP contribution is 2.23. The predicted molar refractivity (Wildman–Crippen MR) is 128 cm³/mol. The van der Waals surface area contributed by atoms with E-state index in [4.69, 9.17) is 33.5 Å². The van der Waals surface area contributed by atoms with Gasteiger partial charge in [-0.05, 0) is 6.92 Å². The molecule has 1 rings (SSSR count). The van der Waals surface area contributed by atoms with Crippen LogP contribution in [-0.2, 0) is 43.3 Å². The summed E-state index contributed by atoms with van der Waals surface area (Å²) in [6, 6.07) is 0. The monoisotopic (exact) mass is 561 g/mol. The first-order valence-corrected chi connectivity index (χ1v) is 13.8. The summed E-state index contributed by atoms with van der Waals surface area (Å²) < 4.78 is 65.0. The van der Waals surface area contributed by atoms with Gasteiger partial charge in [-0.2, -0.15) is 0 Å². The van der Waals surface area contributed by atoms with E-state index in [1.54, 1.807) is 6.92 Å². The van der Waals surface area contributed by atoms with Gasteiger partial charge in [0.25, 0.3) is 0 Å². The van der Waals surface area contributed by atoms with Crippen LogP contribution in [0.5, 0.6) is 0 Å². The Labute approximate surface area is 218 Å². The molecule has 0 amide bonds. The highest BCUT2D eigenvalue weighted by atomic mass is 32.2. The van der Waals surface area contributed by atoms with Crippen LogP contribution in [0.1, 0.15) is 13.3 Å². The number of likely N-dealkylation sites (N-methyl/N-ethyl adjacent to an activating group) is 1. The van der Waals surface area contributed by atoms with Gasteiger partial charge in [0.2, 0.25) is 0 Å². The molecule has 1 saturated heterocycles. The quantitative estimate of drug-likeness (QED) is 0.0796. The van der Waals surface area contributed by atoms with E-state index in [2.05, 4.69) is 0 Å². The first kappa shape index (κ1) is 34.0. The molecule has 1 aliphatic heterocycles. The number of hydrogen-bond donors (Lipinski definition) is 3. The molecule has 0 bridgehead atoms. The first-order chi connectivity index (χ1) is 17.3. The summed E-state index contributed by atoms with van der Waals surface area (Å²) in [5, 5.41) is 29.0. The lowest BCUT2D eigenvalue weighted by atomic mass is 9.95. The summed E-state index contributed by atoms with van der Waals surface area (Å²) >= 11 is 0. The summed E-state index contributed by atoms with van der Waals surface area (Å²) in [6.07, 6.45) is -5.71. The molecule has 0 radical (unpaired) electrons. The van der Waals surface area contributed by atoms with E-state index in [0.717, 1.165) is 0 Å². The summed E-state index contributed by atoms with van der Waals surface area (Å²) in [5.74, 6) is -1.70. The van der Waals surface area contributed by atoms with Crippen molar-refractivity contribution >= 4 is 16.1 Å². The highest BCUT2D eigenvalue weighted by molar-refractivity contribution is 7.85. The third-order valence-corrected chi connectivity index (χ3v) is 6.51. The van der Waals surface area contributed by atoms with Crippen LogP contribution in [0.25, 0.3) is 0 Å². The summed E-state index contributed by atoms with van der Waals surface area (Å²) in [6.45, 7) is 5.97. The minimum atomic E-state index is -4.17. The maximum Gasteiger partial charge on any atom is 0.335 e. The normalized spacial score (nSPS) is 24.9. The van der Waals surface area contributed by atoms with Crippen molar-refractivity contribution in [1.29, 1.82) is 0 Å².